The zero-order valence-electron chi connectivity index (χ0n) is 11.4. The SMILES string of the molecule is O=[N+]([O-])c1ccc(-c2nnc(-c3ccc([N+](=O)[O-])cc3)s2)cc1. The summed E-state index contributed by atoms with van der Waals surface area (Å²) in [5.74, 6) is 0. The first-order valence-electron chi connectivity index (χ1n) is 6.38. The molecule has 0 amide bonds. The monoisotopic (exact) mass is 328 g/mol. The van der Waals surface area contributed by atoms with E-state index in [0.29, 0.717) is 10.0 Å². The highest BCUT2D eigenvalue weighted by Gasteiger charge is 2.12. The second-order valence-electron chi connectivity index (χ2n) is 4.52. The maximum Gasteiger partial charge on any atom is 0.269 e. The van der Waals surface area contributed by atoms with Gasteiger partial charge in [0.05, 0.1) is 9.85 Å². The van der Waals surface area contributed by atoms with E-state index in [9.17, 15) is 20.2 Å². The minimum Gasteiger partial charge on any atom is -0.258 e. The van der Waals surface area contributed by atoms with Gasteiger partial charge in [0.25, 0.3) is 11.4 Å². The van der Waals surface area contributed by atoms with Crippen molar-refractivity contribution in [2.75, 3.05) is 0 Å². The van der Waals surface area contributed by atoms with Crippen LogP contribution in [0.3, 0.4) is 0 Å². The topological polar surface area (TPSA) is 112 Å². The lowest BCUT2D eigenvalue weighted by molar-refractivity contribution is -0.385. The Labute approximate surface area is 133 Å². The van der Waals surface area contributed by atoms with Crippen LogP contribution in [-0.4, -0.2) is 20.0 Å². The van der Waals surface area contributed by atoms with Gasteiger partial charge >= 0.3 is 0 Å². The van der Waals surface area contributed by atoms with Crippen LogP contribution < -0.4 is 0 Å². The highest BCUT2D eigenvalue weighted by molar-refractivity contribution is 7.17. The van der Waals surface area contributed by atoms with Crippen LogP contribution in [0.25, 0.3) is 21.1 Å². The number of nitro groups is 2. The van der Waals surface area contributed by atoms with Crippen LogP contribution in [0.2, 0.25) is 0 Å². The van der Waals surface area contributed by atoms with E-state index in [2.05, 4.69) is 10.2 Å². The largest absolute Gasteiger partial charge is 0.269 e. The van der Waals surface area contributed by atoms with Crippen LogP contribution >= 0.6 is 11.3 Å². The molecule has 0 aliphatic carbocycles. The van der Waals surface area contributed by atoms with Gasteiger partial charge in [-0.15, -0.1) is 10.2 Å². The van der Waals surface area contributed by atoms with Gasteiger partial charge in [-0.25, -0.2) is 0 Å². The van der Waals surface area contributed by atoms with E-state index < -0.39 is 9.85 Å². The van der Waals surface area contributed by atoms with Crippen molar-refractivity contribution in [2.45, 2.75) is 0 Å². The lowest BCUT2D eigenvalue weighted by atomic mass is 10.2. The molecule has 0 saturated carbocycles. The minimum absolute atomic E-state index is 0.00820. The van der Waals surface area contributed by atoms with Crippen molar-refractivity contribution in [3.8, 4) is 21.1 Å². The molecule has 2 aromatic carbocycles. The zero-order valence-corrected chi connectivity index (χ0v) is 12.3. The highest BCUT2D eigenvalue weighted by Crippen LogP contribution is 2.31. The Morgan fingerprint density at radius 3 is 1.35 bits per heavy atom. The standard InChI is InChI=1S/C14H8N4O4S/c19-17(20)11-5-1-9(2-6-11)13-15-16-14(23-13)10-3-7-12(8-4-10)18(21)22/h1-8H. The molecule has 1 heterocycles. The maximum atomic E-state index is 10.6. The fourth-order valence-electron chi connectivity index (χ4n) is 1.91. The molecule has 0 atom stereocenters. The van der Waals surface area contributed by atoms with Crippen LogP contribution in [0.15, 0.2) is 48.5 Å². The van der Waals surface area contributed by atoms with Gasteiger partial charge in [-0.2, -0.15) is 0 Å². The highest BCUT2D eigenvalue weighted by atomic mass is 32.1. The number of nitro benzene ring substituents is 2. The summed E-state index contributed by atoms with van der Waals surface area (Å²) in [5, 5.41) is 30.6. The normalized spacial score (nSPS) is 10.4. The molecular formula is C14H8N4O4S. The van der Waals surface area contributed by atoms with E-state index in [4.69, 9.17) is 0 Å². The molecule has 114 valence electrons. The number of non-ortho nitro benzene ring substituents is 2. The molecule has 1 aromatic heterocycles. The molecule has 0 saturated heterocycles. The molecule has 0 radical (unpaired) electrons. The van der Waals surface area contributed by atoms with Crippen molar-refractivity contribution in [1.82, 2.24) is 10.2 Å². The second kappa shape index (κ2) is 5.89. The molecule has 0 bridgehead atoms. The van der Waals surface area contributed by atoms with Crippen molar-refractivity contribution in [3.05, 3.63) is 68.8 Å². The molecule has 8 nitrogen and oxygen atoms in total. The third-order valence-corrected chi connectivity index (χ3v) is 4.10. The van der Waals surface area contributed by atoms with E-state index >= 15 is 0 Å². The first-order valence-corrected chi connectivity index (χ1v) is 7.19. The van der Waals surface area contributed by atoms with Crippen molar-refractivity contribution >= 4 is 22.7 Å². The van der Waals surface area contributed by atoms with Gasteiger partial charge in [-0.3, -0.25) is 20.2 Å². The third kappa shape index (κ3) is 3.04. The summed E-state index contributed by atoms with van der Waals surface area (Å²) in [7, 11) is 0. The fourth-order valence-corrected chi connectivity index (χ4v) is 2.76. The van der Waals surface area contributed by atoms with E-state index in [0.717, 1.165) is 11.1 Å². The molecule has 3 aromatic rings. The number of aromatic nitrogens is 2. The van der Waals surface area contributed by atoms with Crippen LogP contribution in [0, 0.1) is 20.2 Å². The summed E-state index contributed by atoms with van der Waals surface area (Å²) in [6.45, 7) is 0. The van der Waals surface area contributed by atoms with Gasteiger partial charge in [0.1, 0.15) is 10.0 Å². The van der Waals surface area contributed by atoms with E-state index in [-0.39, 0.29) is 11.4 Å². The van der Waals surface area contributed by atoms with Gasteiger partial charge in [-0.05, 0) is 24.3 Å². The van der Waals surface area contributed by atoms with Crippen LogP contribution in [0.4, 0.5) is 11.4 Å². The molecular weight excluding hydrogens is 320 g/mol. The van der Waals surface area contributed by atoms with Crippen LogP contribution in [0.5, 0.6) is 0 Å². The predicted molar refractivity (Wildman–Crippen MR) is 84.1 cm³/mol. The Balaban J connectivity index is 1.87. The van der Waals surface area contributed by atoms with Gasteiger partial charge in [-0.1, -0.05) is 11.3 Å². The van der Waals surface area contributed by atoms with Crippen molar-refractivity contribution in [2.24, 2.45) is 0 Å². The summed E-state index contributed by atoms with van der Waals surface area (Å²) in [4.78, 5) is 20.4. The molecule has 0 spiro atoms. The Kier molecular flexibility index (Phi) is 3.77. The molecule has 0 aliphatic heterocycles. The number of hydrogen-bond acceptors (Lipinski definition) is 7. The first-order chi connectivity index (χ1) is 11.0. The molecule has 3 rings (SSSR count). The van der Waals surface area contributed by atoms with Gasteiger partial charge < -0.3 is 0 Å². The minimum atomic E-state index is -0.466. The second-order valence-corrected chi connectivity index (χ2v) is 5.50. The molecule has 0 unspecified atom stereocenters. The molecule has 0 aliphatic rings. The van der Waals surface area contributed by atoms with E-state index in [1.54, 1.807) is 24.3 Å². The summed E-state index contributed by atoms with van der Waals surface area (Å²) in [6, 6.07) is 12.1. The number of rotatable bonds is 4. The van der Waals surface area contributed by atoms with Crippen LogP contribution in [0.1, 0.15) is 0 Å². The van der Waals surface area contributed by atoms with Crippen molar-refractivity contribution < 1.29 is 9.85 Å². The zero-order chi connectivity index (χ0) is 16.4. The Morgan fingerprint density at radius 1 is 0.696 bits per heavy atom. The molecule has 9 heteroatoms. The molecule has 23 heavy (non-hydrogen) atoms. The lowest BCUT2D eigenvalue weighted by Gasteiger charge is -1.95. The summed E-state index contributed by atoms with van der Waals surface area (Å²) in [6.07, 6.45) is 0. The third-order valence-electron chi connectivity index (χ3n) is 3.08. The van der Waals surface area contributed by atoms with Gasteiger partial charge in [0, 0.05) is 35.4 Å². The van der Waals surface area contributed by atoms with Gasteiger partial charge in [0.15, 0.2) is 0 Å². The quantitative estimate of drug-likeness (QED) is 0.533. The summed E-state index contributed by atoms with van der Waals surface area (Å²) in [5.41, 5.74) is 1.46. The Hall–Kier alpha value is -3.20. The summed E-state index contributed by atoms with van der Waals surface area (Å²) < 4.78 is 0. The number of benzene rings is 2. The molecule has 0 N–H and O–H groups in total. The summed E-state index contributed by atoms with van der Waals surface area (Å²) >= 11 is 1.31. The van der Waals surface area contributed by atoms with E-state index in [1.165, 1.54) is 35.6 Å². The van der Waals surface area contributed by atoms with Crippen LogP contribution in [-0.2, 0) is 0 Å². The maximum absolute atomic E-state index is 10.6. The Morgan fingerprint density at radius 2 is 1.04 bits per heavy atom. The smallest absolute Gasteiger partial charge is 0.258 e. The molecule has 0 fully saturated rings. The predicted octanol–water partition coefficient (Wildman–Crippen LogP) is 3.69. The average Bonchev–Trinajstić information content (AvgIpc) is 3.05. The van der Waals surface area contributed by atoms with Crippen molar-refractivity contribution in [3.63, 3.8) is 0 Å². The average molecular weight is 328 g/mol. The fraction of sp³-hybridized carbons (Fsp3) is 0. The first kappa shape index (κ1) is 14.7. The number of hydrogen-bond donors (Lipinski definition) is 0. The number of nitrogens with zero attached hydrogens (tertiary/aromatic N) is 4. The lowest BCUT2D eigenvalue weighted by Crippen LogP contribution is -1.87. The van der Waals surface area contributed by atoms with E-state index in [1.807, 2.05) is 0 Å². The van der Waals surface area contributed by atoms with Crippen molar-refractivity contribution in [1.29, 1.82) is 0 Å². The van der Waals surface area contributed by atoms with Gasteiger partial charge in [0.2, 0.25) is 0 Å². The Bertz CT molecular complexity index is 803.